The van der Waals surface area contributed by atoms with Crippen LogP contribution in [0.25, 0.3) is 0 Å². The monoisotopic (exact) mass is 390 g/mol. The Balaban J connectivity index is 2.02. The first-order chi connectivity index (χ1) is 13.0. The van der Waals surface area contributed by atoms with E-state index in [1.165, 1.54) is 6.21 Å². The average molecular weight is 391 g/mol. The van der Waals surface area contributed by atoms with Crippen molar-refractivity contribution in [3.8, 4) is 11.5 Å². The van der Waals surface area contributed by atoms with E-state index in [0.717, 1.165) is 0 Å². The smallest absolute Gasteiger partial charge is 0.332 e. The van der Waals surface area contributed by atoms with E-state index in [4.69, 9.17) is 26.8 Å². The summed E-state index contributed by atoms with van der Waals surface area (Å²) in [4.78, 5) is 22.7. The molecule has 0 aliphatic heterocycles. The summed E-state index contributed by atoms with van der Waals surface area (Å²) in [6, 6.07) is 11.1. The fraction of sp³-hybridized carbons (Fsp3) is 0.167. The Kier molecular flexibility index (Phi) is 7.45. The van der Waals surface area contributed by atoms with Crippen LogP contribution in [-0.2, 0) is 4.79 Å². The van der Waals surface area contributed by atoms with Crippen molar-refractivity contribution < 1.29 is 19.1 Å². The molecule has 2 aromatic rings. The number of primary amides is 1. The van der Waals surface area contributed by atoms with Gasteiger partial charge in [0.05, 0.1) is 23.5 Å². The molecule has 0 fully saturated rings. The van der Waals surface area contributed by atoms with Gasteiger partial charge in [-0.3, -0.25) is 4.79 Å². The zero-order valence-corrected chi connectivity index (χ0v) is 15.3. The van der Waals surface area contributed by atoms with Crippen LogP contribution in [0.15, 0.2) is 47.6 Å². The van der Waals surface area contributed by atoms with Crippen LogP contribution in [-0.4, -0.2) is 31.4 Å². The number of benzene rings is 2. The zero-order chi connectivity index (χ0) is 19.6. The summed E-state index contributed by atoms with van der Waals surface area (Å²) >= 11 is 6.01. The Labute approximate surface area is 161 Å². The predicted octanol–water partition coefficient (Wildman–Crippen LogP) is 2.76. The van der Waals surface area contributed by atoms with Gasteiger partial charge in [0.15, 0.2) is 18.1 Å². The highest BCUT2D eigenvalue weighted by molar-refractivity contribution is 6.33. The lowest BCUT2D eigenvalue weighted by atomic mass is 10.2. The zero-order valence-electron chi connectivity index (χ0n) is 14.6. The van der Waals surface area contributed by atoms with Crippen molar-refractivity contribution in [2.45, 2.75) is 6.92 Å². The molecule has 27 heavy (non-hydrogen) atoms. The molecule has 0 heterocycles. The molecule has 8 nitrogen and oxygen atoms in total. The molecule has 0 spiro atoms. The van der Waals surface area contributed by atoms with Gasteiger partial charge < -0.3 is 20.5 Å². The number of anilines is 1. The van der Waals surface area contributed by atoms with E-state index >= 15 is 0 Å². The molecule has 2 rings (SSSR count). The number of nitrogens with two attached hydrogens (primary N) is 1. The van der Waals surface area contributed by atoms with Crippen molar-refractivity contribution >= 4 is 35.4 Å². The van der Waals surface area contributed by atoms with E-state index < -0.39 is 6.03 Å². The summed E-state index contributed by atoms with van der Waals surface area (Å²) < 4.78 is 11.1. The molecule has 0 aliphatic carbocycles. The minimum atomic E-state index is -0.763. The average Bonchev–Trinajstić information content (AvgIpc) is 2.63. The molecule has 2 aromatic carbocycles. The molecule has 4 N–H and O–H groups in total. The third-order valence-electron chi connectivity index (χ3n) is 3.16. The Morgan fingerprint density at radius 3 is 2.67 bits per heavy atom. The van der Waals surface area contributed by atoms with Gasteiger partial charge in [0.25, 0.3) is 5.91 Å². The first-order valence-corrected chi connectivity index (χ1v) is 8.40. The molecule has 0 saturated carbocycles. The van der Waals surface area contributed by atoms with Crippen LogP contribution in [0.2, 0.25) is 5.02 Å². The molecule has 0 aromatic heterocycles. The Morgan fingerprint density at radius 1 is 1.19 bits per heavy atom. The van der Waals surface area contributed by atoms with Crippen LogP contribution >= 0.6 is 11.6 Å². The lowest BCUT2D eigenvalue weighted by Crippen LogP contribution is -2.24. The fourth-order valence-corrected chi connectivity index (χ4v) is 2.24. The van der Waals surface area contributed by atoms with Crippen molar-refractivity contribution in [1.82, 2.24) is 5.43 Å². The van der Waals surface area contributed by atoms with Gasteiger partial charge in [-0.05, 0) is 42.8 Å². The summed E-state index contributed by atoms with van der Waals surface area (Å²) in [6.07, 6.45) is 1.40. The van der Waals surface area contributed by atoms with Gasteiger partial charge in [-0.15, -0.1) is 0 Å². The van der Waals surface area contributed by atoms with Crippen molar-refractivity contribution in [2.75, 3.05) is 18.5 Å². The molecule has 0 radical (unpaired) electrons. The van der Waals surface area contributed by atoms with E-state index in [1.807, 2.05) is 6.92 Å². The number of nitrogens with zero attached hydrogens (tertiary/aromatic N) is 1. The third kappa shape index (κ3) is 6.52. The maximum atomic E-state index is 12.1. The number of hydrogen-bond acceptors (Lipinski definition) is 5. The van der Waals surface area contributed by atoms with E-state index in [-0.39, 0.29) is 12.5 Å². The molecule has 0 saturated heterocycles. The van der Waals surface area contributed by atoms with Crippen molar-refractivity contribution in [3.63, 3.8) is 0 Å². The number of hydrogen-bond donors (Lipinski definition) is 3. The Hall–Kier alpha value is -3.26. The summed E-state index contributed by atoms with van der Waals surface area (Å²) in [7, 11) is 0. The molecule has 0 bridgehead atoms. The van der Waals surface area contributed by atoms with E-state index in [2.05, 4.69) is 15.8 Å². The standard InChI is InChI=1S/C18H19ClN4O4/c1-2-26-16-9-12(10-21-23-18(20)25)7-8-15(16)27-11-17(24)22-14-6-4-3-5-13(14)19/h3-10H,2,11H2,1H3,(H,22,24)(H3,20,23,25). The third-order valence-corrected chi connectivity index (χ3v) is 3.49. The van der Waals surface area contributed by atoms with Crippen molar-refractivity contribution in [2.24, 2.45) is 10.8 Å². The van der Waals surface area contributed by atoms with Gasteiger partial charge in [-0.25, -0.2) is 10.2 Å². The topological polar surface area (TPSA) is 115 Å². The van der Waals surface area contributed by atoms with Crippen molar-refractivity contribution in [1.29, 1.82) is 0 Å². The minimum absolute atomic E-state index is 0.220. The summed E-state index contributed by atoms with van der Waals surface area (Å²) in [5, 5.41) is 6.79. The molecule has 9 heteroatoms. The highest BCUT2D eigenvalue weighted by Crippen LogP contribution is 2.28. The largest absolute Gasteiger partial charge is 0.490 e. The van der Waals surface area contributed by atoms with Crippen LogP contribution in [0.3, 0.4) is 0 Å². The summed E-state index contributed by atoms with van der Waals surface area (Å²) in [5.41, 5.74) is 8.20. The Bertz CT molecular complexity index is 842. The SMILES string of the molecule is CCOc1cc(C=NNC(N)=O)ccc1OCC(=O)Nc1ccccc1Cl. The quantitative estimate of drug-likeness (QED) is 0.474. The lowest BCUT2D eigenvalue weighted by Gasteiger charge is -2.13. The number of carbonyl (C=O) groups is 2. The van der Waals surface area contributed by atoms with Gasteiger partial charge >= 0.3 is 6.03 Å². The number of hydrazone groups is 1. The second-order valence-electron chi connectivity index (χ2n) is 5.19. The second-order valence-corrected chi connectivity index (χ2v) is 5.60. The van der Waals surface area contributed by atoms with E-state index in [9.17, 15) is 9.59 Å². The highest BCUT2D eigenvalue weighted by atomic mass is 35.5. The molecule has 0 aliphatic rings. The second kappa shape index (κ2) is 10.0. The van der Waals surface area contributed by atoms with Gasteiger partial charge in [0.1, 0.15) is 0 Å². The van der Waals surface area contributed by atoms with E-state index in [0.29, 0.717) is 34.4 Å². The number of carbonyl (C=O) groups excluding carboxylic acids is 2. The molecule has 0 atom stereocenters. The lowest BCUT2D eigenvalue weighted by molar-refractivity contribution is -0.118. The molecular formula is C18H19ClN4O4. The Morgan fingerprint density at radius 2 is 1.96 bits per heavy atom. The highest BCUT2D eigenvalue weighted by Gasteiger charge is 2.10. The number of para-hydroxylation sites is 1. The van der Waals surface area contributed by atoms with Gasteiger partial charge in [0, 0.05) is 0 Å². The summed E-state index contributed by atoms with van der Waals surface area (Å²) in [6.45, 7) is 2.01. The number of ether oxygens (including phenoxy) is 2. The number of urea groups is 1. The van der Waals surface area contributed by atoms with Gasteiger partial charge in [-0.2, -0.15) is 5.10 Å². The van der Waals surface area contributed by atoms with Crippen LogP contribution < -0.4 is 25.9 Å². The van der Waals surface area contributed by atoms with Gasteiger partial charge in [-0.1, -0.05) is 23.7 Å². The number of rotatable bonds is 8. The molecule has 142 valence electrons. The van der Waals surface area contributed by atoms with Crippen LogP contribution in [0.1, 0.15) is 12.5 Å². The fourth-order valence-electron chi connectivity index (χ4n) is 2.06. The first kappa shape index (κ1) is 20.1. The van der Waals surface area contributed by atoms with Crippen LogP contribution in [0, 0.1) is 0 Å². The molecule has 0 unspecified atom stereocenters. The van der Waals surface area contributed by atoms with E-state index in [1.54, 1.807) is 42.5 Å². The first-order valence-electron chi connectivity index (χ1n) is 8.02. The summed E-state index contributed by atoms with van der Waals surface area (Å²) in [5.74, 6) is 0.471. The van der Waals surface area contributed by atoms with Crippen molar-refractivity contribution in [3.05, 3.63) is 53.1 Å². The van der Waals surface area contributed by atoms with Crippen LogP contribution in [0.4, 0.5) is 10.5 Å². The minimum Gasteiger partial charge on any atom is -0.490 e. The number of halogens is 1. The molecule has 3 amide bonds. The number of amides is 3. The predicted molar refractivity (Wildman–Crippen MR) is 104 cm³/mol. The maximum Gasteiger partial charge on any atom is 0.332 e. The normalized spacial score (nSPS) is 10.4. The molecular weight excluding hydrogens is 372 g/mol. The number of nitrogens with one attached hydrogen (secondary N) is 2. The van der Waals surface area contributed by atoms with Crippen LogP contribution in [0.5, 0.6) is 11.5 Å². The van der Waals surface area contributed by atoms with Gasteiger partial charge in [0.2, 0.25) is 0 Å². The maximum absolute atomic E-state index is 12.1.